The number of carboxylic acids is 1. The summed E-state index contributed by atoms with van der Waals surface area (Å²) in [6.45, 7) is 0. The summed E-state index contributed by atoms with van der Waals surface area (Å²) in [5.74, 6) is -0.773. The van der Waals surface area contributed by atoms with Gasteiger partial charge in [0, 0.05) is 30.6 Å². The van der Waals surface area contributed by atoms with Gasteiger partial charge in [-0.15, -0.1) is 0 Å². The topological polar surface area (TPSA) is 42.2 Å². The van der Waals surface area contributed by atoms with E-state index in [4.69, 9.17) is 16.7 Å². The van der Waals surface area contributed by atoms with E-state index in [0.717, 1.165) is 21.5 Å². The first-order chi connectivity index (χ1) is 7.58. The number of aliphatic carboxylic acids is 1. The van der Waals surface area contributed by atoms with Gasteiger partial charge >= 0.3 is 5.97 Å². The van der Waals surface area contributed by atoms with E-state index in [2.05, 4.69) is 0 Å². The number of aromatic nitrogens is 1. The maximum Gasteiger partial charge on any atom is 0.303 e. The number of hydrogen-bond donors (Lipinski definition) is 1. The monoisotopic (exact) mass is 237 g/mol. The molecule has 1 aromatic carbocycles. The summed E-state index contributed by atoms with van der Waals surface area (Å²) in [5, 5.41) is 10.3. The number of nitrogens with zero attached hydrogens (tertiary/aromatic N) is 1. The Morgan fingerprint density at radius 1 is 1.50 bits per heavy atom. The van der Waals surface area contributed by atoms with E-state index < -0.39 is 5.97 Å². The highest BCUT2D eigenvalue weighted by Gasteiger charge is 2.06. The van der Waals surface area contributed by atoms with Crippen LogP contribution in [0.15, 0.2) is 24.4 Å². The first-order valence-corrected chi connectivity index (χ1v) is 5.41. The molecule has 0 unspecified atom stereocenters. The zero-order chi connectivity index (χ0) is 11.7. The fraction of sp³-hybridized carbons (Fsp3) is 0.250. The summed E-state index contributed by atoms with van der Waals surface area (Å²) in [6, 6.07) is 5.86. The average molecular weight is 238 g/mol. The minimum atomic E-state index is -0.773. The molecule has 84 valence electrons. The van der Waals surface area contributed by atoms with Gasteiger partial charge in [0.15, 0.2) is 0 Å². The Hall–Kier alpha value is -1.48. The maximum absolute atomic E-state index is 10.5. The van der Waals surface area contributed by atoms with Crippen LogP contribution in [-0.4, -0.2) is 15.6 Å². The van der Waals surface area contributed by atoms with Crippen LogP contribution in [-0.2, 0) is 18.3 Å². The number of hydrogen-bond acceptors (Lipinski definition) is 1. The Morgan fingerprint density at radius 2 is 2.25 bits per heavy atom. The fourth-order valence-corrected chi connectivity index (χ4v) is 2.09. The fourth-order valence-electron chi connectivity index (χ4n) is 1.79. The number of halogens is 1. The van der Waals surface area contributed by atoms with Crippen LogP contribution in [0.1, 0.15) is 12.0 Å². The van der Waals surface area contributed by atoms with Gasteiger partial charge in [0.05, 0.1) is 5.02 Å². The van der Waals surface area contributed by atoms with Crippen molar-refractivity contribution in [3.63, 3.8) is 0 Å². The van der Waals surface area contributed by atoms with Crippen LogP contribution in [0.4, 0.5) is 0 Å². The van der Waals surface area contributed by atoms with Crippen molar-refractivity contribution < 1.29 is 9.90 Å². The van der Waals surface area contributed by atoms with Gasteiger partial charge in [-0.2, -0.15) is 0 Å². The van der Waals surface area contributed by atoms with Gasteiger partial charge in [-0.25, -0.2) is 0 Å². The molecule has 2 rings (SSSR count). The second kappa shape index (κ2) is 4.18. The highest BCUT2D eigenvalue weighted by Crippen LogP contribution is 2.26. The van der Waals surface area contributed by atoms with Gasteiger partial charge in [-0.3, -0.25) is 4.79 Å². The lowest BCUT2D eigenvalue weighted by Gasteiger charge is -2.01. The number of rotatable bonds is 3. The van der Waals surface area contributed by atoms with E-state index in [9.17, 15) is 4.79 Å². The quantitative estimate of drug-likeness (QED) is 0.892. The van der Waals surface area contributed by atoms with Gasteiger partial charge < -0.3 is 9.67 Å². The molecule has 0 aliphatic carbocycles. The van der Waals surface area contributed by atoms with E-state index in [0.29, 0.717) is 6.42 Å². The molecule has 0 aliphatic heterocycles. The van der Waals surface area contributed by atoms with Crippen molar-refractivity contribution in [2.75, 3.05) is 0 Å². The standard InChI is InChI=1S/C12H12ClNO2/c1-14-7-10(13)9-4-2-8(6-11(9)14)3-5-12(15)16/h2,4,6-7H,3,5H2,1H3,(H,15,16). The van der Waals surface area contributed by atoms with Gasteiger partial charge in [0.25, 0.3) is 0 Å². The van der Waals surface area contributed by atoms with Gasteiger partial charge in [-0.05, 0) is 18.1 Å². The van der Waals surface area contributed by atoms with Crippen molar-refractivity contribution in [1.82, 2.24) is 4.57 Å². The second-order valence-corrected chi connectivity index (χ2v) is 4.24. The zero-order valence-electron chi connectivity index (χ0n) is 8.90. The average Bonchev–Trinajstić information content (AvgIpc) is 2.52. The molecule has 1 heterocycles. The van der Waals surface area contributed by atoms with Crippen molar-refractivity contribution in [2.24, 2.45) is 7.05 Å². The maximum atomic E-state index is 10.5. The van der Waals surface area contributed by atoms with Gasteiger partial charge in [0.1, 0.15) is 0 Å². The minimum absolute atomic E-state index is 0.156. The molecule has 0 amide bonds. The molecule has 0 spiro atoms. The summed E-state index contributed by atoms with van der Waals surface area (Å²) in [7, 11) is 1.93. The molecule has 0 atom stereocenters. The van der Waals surface area contributed by atoms with Crippen LogP contribution in [0.5, 0.6) is 0 Å². The van der Waals surface area contributed by atoms with Crippen molar-refractivity contribution in [3.05, 3.63) is 35.0 Å². The van der Waals surface area contributed by atoms with Crippen LogP contribution >= 0.6 is 11.6 Å². The smallest absolute Gasteiger partial charge is 0.303 e. The third-order valence-electron chi connectivity index (χ3n) is 2.63. The first kappa shape index (κ1) is 11.0. The normalized spacial score (nSPS) is 10.9. The number of aryl methyl sites for hydroxylation is 2. The van der Waals surface area contributed by atoms with Crippen LogP contribution in [0.25, 0.3) is 10.9 Å². The summed E-state index contributed by atoms with van der Waals surface area (Å²) < 4.78 is 1.95. The molecule has 1 aromatic heterocycles. The van der Waals surface area contributed by atoms with Crippen LogP contribution in [0.2, 0.25) is 5.02 Å². The third-order valence-corrected chi connectivity index (χ3v) is 2.94. The predicted octanol–water partition coefficient (Wildman–Crippen LogP) is 2.85. The van der Waals surface area contributed by atoms with E-state index in [-0.39, 0.29) is 6.42 Å². The molecule has 0 bridgehead atoms. The van der Waals surface area contributed by atoms with E-state index in [1.807, 2.05) is 36.0 Å². The molecule has 0 saturated heterocycles. The Kier molecular flexibility index (Phi) is 2.88. The van der Waals surface area contributed by atoms with Gasteiger partial charge in [-0.1, -0.05) is 23.7 Å². The Balaban J connectivity index is 2.36. The molecule has 0 aliphatic rings. The molecule has 16 heavy (non-hydrogen) atoms. The molecule has 1 N–H and O–H groups in total. The lowest BCUT2D eigenvalue weighted by Crippen LogP contribution is -1.97. The molecule has 4 heteroatoms. The van der Waals surface area contributed by atoms with E-state index in [1.165, 1.54) is 0 Å². The Morgan fingerprint density at radius 3 is 2.94 bits per heavy atom. The van der Waals surface area contributed by atoms with E-state index in [1.54, 1.807) is 0 Å². The van der Waals surface area contributed by atoms with Crippen molar-refractivity contribution >= 4 is 28.5 Å². The molecular weight excluding hydrogens is 226 g/mol. The van der Waals surface area contributed by atoms with Crippen molar-refractivity contribution in [3.8, 4) is 0 Å². The summed E-state index contributed by atoms with van der Waals surface area (Å²) in [6.07, 6.45) is 2.56. The Bertz CT molecular complexity index is 545. The molecule has 0 fully saturated rings. The number of carbonyl (C=O) groups is 1. The van der Waals surface area contributed by atoms with Crippen molar-refractivity contribution in [1.29, 1.82) is 0 Å². The van der Waals surface area contributed by atoms with Crippen LogP contribution < -0.4 is 0 Å². The third kappa shape index (κ3) is 2.04. The largest absolute Gasteiger partial charge is 0.481 e. The lowest BCUT2D eigenvalue weighted by molar-refractivity contribution is -0.136. The molecular formula is C12H12ClNO2. The number of carboxylic acid groups (broad SMARTS) is 1. The van der Waals surface area contributed by atoms with Crippen LogP contribution in [0.3, 0.4) is 0 Å². The highest BCUT2D eigenvalue weighted by molar-refractivity contribution is 6.35. The zero-order valence-corrected chi connectivity index (χ0v) is 9.66. The van der Waals surface area contributed by atoms with Crippen LogP contribution in [0, 0.1) is 0 Å². The minimum Gasteiger partial charge on any atom is -0.481 e. The summed E-state index contributed by atoms with van der Waals surface area (Å²) >= 11 is 6.04. The molecule has 0 radical (unpaired) electrons. The van der Waals surface area contributed by atoms with Crippen molar-refractivity contribution in [2.45, 2.75) is 12.8 Å². The summed E-state index contributed by atoms with van der Waals surface area (Å²) in [4.78, 5) is 10.5. The molecule has 0 saturated carbocycles. The molecule has 3 nitrogen and oxygen atoms in total. The predicted molar refractivity (Wildman–Crippen MR) is 63.9 cm³/mol. The lowest BCUT2D eigenvalue weighted by atomic mass is 10.1. The SMILES string of the molecule is Cn1cc(Cl)c2ccc(CCC(=O)O)cc21. The first-order valence-electron chi connectivity index (χ1n) is 5.03. The highest BCUT2D eigenvalue weighted by atomic mass is 35.5. The van der Waals surface area contributed by atoms with E-state index >= 15 is 0 Å². The van der Waals surface area contributed by atoms with Gasteiger partial charge in [0.2, 0.25) is 0 Å². The number of benzene rings is 1. The Labute approximate surface area is 98.3 Å². The number of fused-ring (bicyclic) bond motifs is 1. The second-order valence-electron chi connectivity index (χ2n) is 3.83. The molecule has 2 aromatic rings. The summed E-state index contributed by atoms with van der Waals surface area (Å²) in [5.41, 5.74) is 2.06.